The van der Waals surface area contributed by atoms with E-state index in [4.69, 9.17) is 0 Å². The molecule has 20 heavy (non-hydrogen) atoms. The summed E-state index contributed by atoms with van der Waals surface area (Å²) >= 11 is 0. The number of rotatable bonds is 5. The number of benzene rings is 2. The second kappa shape index (κ2) is 5.84. The minimum atomic E-state index is -0.335. The van der Waals surface area contributed by atoms with E-state index >= 15 is 0 Å². The van der Waals surface area contributed by atoms with Crippen molar-refractivity contribution >= 4 is 10.9 Å². The molecular formula is C16H16FN3. The summed E-state index contributed by atoms with van der Waals surface area (Å²) < 4.78 is 13.9. The summed E-state index contributed by atoms with van der Waals surface area (Å²) in [5.74, 6) is 0. The van der Waals surface area contributed by atoms with Gasteiger partial charge in [-0.1, -0.05) is 30.3 Å². The molecule has 0 saturated carbocycles. The maximum absolute atomic E-state index is 12.0. The SMILES string of the molecule is FCCNCc1ccc(-n2cc3ccccc3n2)cc1. The Balaban J connectivity index is 1.79. The lowest BCUT2D eigenvalue weighted by molar-refractivity contribution is 0.467. The Morgan fingerprint density at radius 2 is 1.85 bits per heavy atom. The number of hydrogen-bond acceptors (Lipinski definition) is 2. The third-order valence-electron chi connectivity index (χ3n) is 3.21. The summed E-state index contributed by atoms with van der Waals surface area (Å²) in [5.41, 5.74) is 3.15. The van der Waals surface area contributed by atoms with Crippen LogP contribution in [0, 0.1) is 0 Å². The normalized spacial score (nSPS) is 11.1. The molecule has 1 aromatic heterocycles. The fourth-order valence-electron chi connectivity index (χ4n) is 2.16. The van der Waals surface area contributed by atoms with Crippen molar-refractivity contribution in [3.05, 3.63) is 60.3 Å². The molecular weight excluding hydrogens is 253 g/mol. The molecule has 0 aliphatic carbocycles. The van der Waals surface area contributed by atoms with Gasteiger partial charge in [0.2, 0.25) is 0 Å². The highest BCUT2D eigenvalue weighted by atomic mass is 19.1. The van der Waals surface area contributed by atoms with Crippen molar-refractivity contribution in [3.8, 4) is 5.69 Å². The number of alkyl halides is 1. The monoisotopic (exact) mass is 269 g/mol. The van der Waals surface area contributed by atoms with E-state index in [1.54, 1.807) is 0 Å². The molecule has 3 rings (SSSR count). The summed E-state index contributed by atoms with van der Waals surface area (Å²) in [6.07, 6.45) is 2.02. The van der Waals surface area contributed by atoms with Crippen molar-refractivity contribution in [3.63, 3.8) is 0 Å². The average molecular weight is 269 g/mol. The molecule has 4 heteroatoms. The van der Waals surface area contributed by atoms with Crippen LogP contribution < -0.4 is 5.32 Å². The van der Waals surface area contributed by atoms with Crippen LogP contribution in [-0.2, 0) is 6.54 Å². The molecule has 0 spiro atoms. The van der Waals surface area contributed by atoms with Gasteiger partial charge in [-0.05, 0) is 23.8 Å². The first-order valence-corrected chi connectivity index (χ1v) is 6.67. The van der Waals surface area contributed by atoms with Gasteiger partial charge in [0.05, 0.1) is 11.2 Å². The van der Waals surface area contributed by atoms with Crippen LogP contribution in [0.15, 0.2) is 54.7 Å². The smallest absolute Gasteiger partial charge is 0.102 e. The Labute approximate surface area is 117 Å². The fraction of sp³-hybridized carbons (Fsp3) is 0.188. The summed E-state index contributed by atoms with van der Waals surface area (Å²) in [4.78, 5) is 0. The molecule has 0 bridgehead atoms. The van der Waals surface area contributed by atoms with Gasteiger partial charge in [0.1, 0.15) is 6.67 Å². The molecule has 0 saturated heterocycles. The minimum absolute atomic E-state index is 0.335. The summed E-state index contributed by atoms with van der Waals surface area (Å²) in [7, 11) is 0. The highest BCUT2D eigenvalue weighted by Crippen LogP contribution is 2.15. The number of halogens is 1. The highest BCUT2D eigenvalue weighted by Gasteiger charge is 2.02. The first-order valence-electron chi connectivity index (χ1n) is 6.67. The number of nitrogens with zero attached hydrogens (tertiary/aromatic N) is 2. The third kappa shape index (κ3) is 2.70. The van der Waals surface area contributed by atoms with Gasteiger partial charge in [-0.25, -0.2) is 9.07 Å². The standard InChI is InChI=1S/C16H16FN3/c17-9-10-18-11-13-5-7-15(8-6-13)20-12-14-3-1-2-4-16(14)19-20/h1-8,12,18H,9-11H2. The van der Waals surface area contributed by atoms with Crippen molar-refractivity contribution < 1.29 is 4.39 Å². The number of nitrogens with one attached hydrogen (secondary N) is 1. The van der Waals surface area contributed by atoms with Crippen molar-refractivity contribution in [1.29, 1.82) is 0 Å². The molecule has 0 atom stereocenters. The zero-order valence-corrected chi connectivity index (χ0v) is 11.1. The molecule has 0 aliphatic heterocycles. The van der Waals surface area contributed by atoms with E-state index in [1.165, 1.54) is 0 Å². The average Bonchev–Trinajstić information content (AvgIpc) is 2.92. The molecule has 0 amide bonds. The largest absolute Gasteiger partial charge is 0.310 e. The minimum Gasteiger partial charge on any atom is -0.310 e. The van der Waals surface area contributed by atoms with Gasteiger partial charge in [-0.3, -0.25) is 0 Å². The lowest BCUT2D eigenvalue weighted by Gasteiger charge is -2.05. The van der Waals surface area contributed by atoms with Gasteiger partial charge in [-0.15, -0.1) is 0 Å². The Hall–Kier alpha value is -2.20. The lowest BCUT2D eigenvalue weighted by Crippen LogP contribution is -2.15. The second-order valence-electron chi connectivity index (χ2n) is 4.66. The summed E-state index contributed by atoms with van der Waals surface area (Å²) in [5, 5.41) is 8.70. The van der Waals surface area contributed by atoms with Gasteiger partial charge in [-0.2, -0.15) is 5.10 Å². The molecule has 3 aromatic rings. The molecule has 0 fully saturated rings. The Bertz CT molecular complexity index is 655. The molecule has 0 radical (unpaired) electrons. The molecule has 102 valence electrons. The Morgan fingerprint density at radius 3 is 2.60 bits per heavy atom. The zero-order valence-electron chi connectivity index (χ0n) is 11.1. The van der Waals surface area contributed by atoms with Crippen LogP contribution in [0.5, 0.6) is 0 Å². The van der Waals surface area contributed by atoms with E-state index in [1.807, 2.05) is 59.4 Å². The number of aromatic nitrogens is 2. The molecule has 2 aromatic carbocycles. The van der Waals surface area contributed by atoms with Crippen molar-refractivity contribution in [2.75, 3.05) is 13.2 Å². The maximum atomic E-state index is 12.0. The van der Waals surface area contributed by atoms with Crippen LogP contribution in [0.1, 0.15) is 5.56 Å². The predicted octanol–water partition coefficient (Wildman–Crippen LogP) is 3.08. The van der Waals surface area contributed by atoms with Crippen LogP contribution >= 0.6 is 0 Å². The summed E-state index contributed by atoms with van der Waals surface area (Å²) in [6.45, 7) is 0.746. The van der Waals surface area contributed by atoms with Gasteiger partial charge < -0.3 is 5.32 Å². The van der Waals surface area contributed by atoms with E-state index in [2.05, 4.69) is 10.4 Å². The van der Waals surface area contributed by atoms with E-state index in [-0.39, 0.29) is 6.67 Å². The van der Waals surface area contributed by atoms with Gasteiger partial charge in [0.25, 0.3) is 0 Å². The lowest BCUT2D eigenvalue weighted by atomic mass is 10.2. The van der Waals surface area contributed by atoms with Gasteiger partial charge in [0, 0.05) is 24.7 Å². The van der Waals surface area contributed by atoms with E-state index in [9.17, 15) is 4.39 Å². The van der Waals surface area contributed by atoms with Crippen LogP contribution in [0.3, 0.4) is 0 Å². The molecule has 1 heterocycles. The van der Waals surface area contributed by atoms with Gasteiger partial charge >= 0.3 is 0 Å². The maximum Gasteiger partial charge on any atom is 0.102 e. The molecule has 0 unspecified atom stereocenters. The Morgan fingerprint density at radius 1 is 1.05 bits per heavy atom. The molecule has 0 aliphatic rings. The number of fused-ring (bicyclic) bond motifs is 1. The van der Waals surface area contributed by atoms with E-state index in [0.717, 1.165) is 22.2 Å². The van der Waals surface area contributed by atoms with E-state index < -0.39 is 0 Å². The van der Waals surface area contributed by atoms with Gasteiger partial charge in [0.15, 0.2) is 0 Å². The van der Waals surface area contributed by atoms with Crippen LogP contribution in [0.4, 0.5) is 4.39 Å². The quantitative estimate of drug-likeness (QED) is 0.721. The fourth-order valence-corrected chi connectivity index (χ4v) is 2.16. The van der Waals surface area contributed by atoms with Crippen LogP contribution in [0.25, 0.3) is 16.6 Å². The summed E-state index contributed by atoms with van der Waals surface area (Å²) in [6, 6.07) is 16.2. The zero-order chi connectivity index (χ0) is 13.8. The molecule has 1 N–H and O–H groups in total. The van der Waals surface area contributed by atoms with E-state index in [0.29, 0.717) is 13.1 Å². The first-order chi connectivity index (χ1) is 9.86. The van der Waals surface area contributed by atoms with Crippen molar-refractivity contribution in [1.82, 2.24) is 15.1 Å². The Kier molecular flexibility index (Phi) is 3.74. The van der Waals surface area contributed by atoms with Crippen LogP contribution in [0.2, 0.25) is 0 Å². The first kappa shape index (κ1) is 12.8. The van der Waals surface area contributed by atoms with Crippen molar-refractivity contribution in [2.24, 2.45) is 0 Å². The predicted molar refractivity (Wildman–Crippen MR) is 78.8 cm³/mol. The number of hydrogen-bond donors (Lipinski definition) is 1. The van der Waals surface area contributed by atoms with Crippen LogP contribution in [-0.4, -0.2) is 23.0 Å². The van der Waals surface area contributed by atoms with Crippen molar-refractivity contribution in [2.45, 2.75) is 6.54 Å². The third-order valence-corrected chi connectivity index (χ3v) is 3.21. The topological polar surface area (TPSA) is 29.9 Å². The molecule has 3 nitrogen and oxygen atoms in total. The highest BCUT2D eigenvalue weighted by molar-refractivity contribution is 5.78. The second-order valence-corrected chi connectivity index (χ2v) is 4.66.